The van der Waals surface area contributed by atoms with Gasteiger partial charge in [-0.2, -0.15) is 5.11 Å². The Hall–Kier alpha value is -1.63. The number of nitrogens with zero attached hydrogens (tertiary/aromatic N) is 3. The van der Waals surface area contributed by atoms with E-state index in [1.54, 1.807) is 18.5 Å². The molecule has 1 unspecified atom stereocenters. The lowest BCUT2D eigenvalue weighted by atomic mass is 10.2. The molecule has 1 rings (SSSR count). The Morgan fingerprint density at radius 2 is 2.38 bits per heavy atom. The van der Waals surface area contributed by atoms with Gasteiger partial charge in [0.25, 0.3) is 0 Å². The van der Waals surface area contributed by atoms with E-state index in [4.69, 9.17) is 4.74 Å². The topological polar surface area (TPSA) is 81.0 Å². The summed E-state index contributed by atoms with van der Waals surface area (Å²) in [5.74, 6) is -1.09. The Labute approximate surface area is 96.4 Å². The van der Waals surface area contributed by atoms with E-state index >= 15 is 0 Å². The second kappa shape index (κ2) is 6.06. The van der Waals surface area contributed by atoms with Crippen LogP contribution in [0, 0.1) is 0 Å². The Morgan fingerprint density at radius 3 is 2.88 bits per heavy atom. The van der Waals surface area contributed by atoms with Crippen LogP contribution in [-0.2, 0) is 14.3 Å². The van der Waals surface area contributed by atoms with Crippen molar-refractivity contribution < 1.29 is 14.3 Å². The first-order chi connectivity index (χ1) is 7.65. The fourth-order valence-electron chi connectivity index (χ4n) is 0.888. The molecular formula is C9H11N3O3S. The third kappa shape index (κ3) is 3.50. The standard InChI is InChI=1S/C9H11N3O3S/c1-3-15-8(14)7(6(2)13)11-12-9-10-4-5-16-9/h4-5,7H,3H2,1-2H3. The van der Waals surface area contributed by atoms with E-state index in [0.717, 1.165) is 0 Å². The van der Waals surface area contributed by atoms with Gasteiger partial charge in [-0.25, -0.2) is 9.78 Å². The van der Waals surface area contributed by atoms with Gasteiger partial charge in [-0.3, -0.25) is 4.79 Å². The van der Waals surface area contributed by atoms with E-state index in [-0.39, 0.29) is 6.61 Å². The molecule has 1 aromatic heterocycles. The van der Waals surface area contributed by atoms with Gasteiger partial charge in [0.05, 0.1) is 6.61 Å². The van der Waals surface area contributed by atoms with Crippen molar-refractivity contribution in [3.05, 3.63) is 11.6 Å². The highest BCUT2D eigenvalue weighted by Gasteiger charge is 2.24. The summed E-state index contributed by atoms with van der Waals surface area (Å²) in [5.41, 5.74) is 0. The molecule has 0 radical (unpaired) electrons. The number of ketones is 1. The van der Waals surface area contributed by atoms with Gasteiger partial charge >= 0.3 is 5.97 Å². The maximum Gasteiger partial charge on any atom is 0.340 e. The molecule has 0 saturated heterocycles. The van der Waals surface area contributed by atoms with E-state index < -0.39 is 17.8 Å². The molecular weight excluding hydrogens is 230 g/mol. The molecule has 1 heterocycles. The molecule has 0 spiro atoms. The molecule has 0 N–H and O–H groups in total. The van der Waals surface area contributed by atoms with Gasteiger partial charge in [0.1, 0.15) is 0 Å². The van der Waals surface area contributed by atoms with Crippen LogP contribution in [0.1, 0.15) is 13.8 Å². The van der Waals surface area contributed by atoms with E-state index in [0.29, 0.717) is 5.13 Å². The minimum absolute atomic E-state index is 0.204. The second-order valence-corrected chi connectivity index (χ2v) is 3.67. The van der Waals surface area contributed by atoms with E-state index in [1.807, 2.05) is 0 Å². The Kier molecular flexibility index (Phi) is 4.71. The van der Waals surface area contributed by atoms with Gasteiger partial charge in [-0.05, 0) is 13.8 Å². The average molecular weight is 241 g/mol. The maximum absolute atomic E-state index is 11.3. The largest absolute Gasteiger partial charge is 0.464 e. The summed E-state index contributed by atoms with van der Waals surface area (Å²) in [6.45, 7) is 3.13. The molecule has 6 nitrogen and oxygen atoms in total. The Bertz CT molecular complexity index is 389. The van der Waals surface area contributed by atoms with Crippen molar-refractivity contribution in [1.82, 2.24) is 4.98 Å². The lowest BCUT2D eigenvalue weighted by Crippen LogP contribution is -2.28. The number of rotatable bonds is 5. The Balaban J connectivity index is 2.72. The minimum atomic E-state index is -1.19. The van der Waals surface area contributed by atoms with E-state index in [2.05, 4.69) is 15.2 Å². The van der Waals surface area contributed by atoms with Crippen molar-refractivity contribution >= 4 is 28.2 Å². The summed E-state index contributed by atoms with van der Waals surface area (Å²) in [7, 11) is 0. The predicted octanol–water partition coefficient (Wildman–Crippen LogP) is 1.75. The normalized spacial score (nSPS) is 12.6. The number of ether oxygens (including phenoxy) is 1. The highest BCUT2D eigenvalue weighted by Crippen LogP contribution is 2.16. The minimum Gasteiger partial charge on any atom is -0.464 e. The van der Waals surface area contributed by atoms with Crippen molar-refractivity contribution in [1.29, 1.82) is 0 Å². The number of hydrogen-bond acceptors (Lipinski definition) is 7. The van der Waals surface area contributed by atoms with Crippen molar-refractivity contribution in [2.45, 2.75) is 19.9 Å². The van der Waals surface area contributed by atoms with E-state index in [1.165, 1.54) is 18.3 Å². The lowest BCUT2D eigenvalue weighted by molar-refractivity contribution is -0.147. The van der Waals surface area contributed by atoms with Crippen molar-refractivity contribution in [3.8, 4) is 0 Å². The number of thiazole rings is 1. The van der Waals surface area contributed by atoms with E-state index in [9.17, 15) is 9.59 Å². The molecule has 0 aliphatic rings. The highest BCUT2D eigenvalue weighted by atomic mass is 32.1. The number of esters is 1. The van der Waals surface area contributed by atoms with Gasteiger partial charge in [-0.1, -0.05) is 0 Å². The zero-order chi connectivity index (χ0) is 12.0. The molecule has 0 aliphatic carbocycles. The number of Topliss-reactive ketones (excluding diaryl/α,β-unsaturated/α-hetero) is 1. The second-order valence-electron chi connectivity index (χ2n) is 2.80. The molecule has 0 bridgehead atoms. The summed E-state index contributed by atoms with van der Waals surface area (Å²) in [6, 6.07) is -1.19. The van der Waals surface area contributed by atoms with Crippen molar-refractivity contribution in [2.75, 3.05) is 6.61 Å². The van der Waals surface area contributed by atoms with Crippen LogP contribution in [0.5, 0.6) is 0 Å². The molecule has 0 saturated carbocycles. The fraction of sp³-hybridized carbons (Fsp3) is 0.444. The monoisotopic (exact) mass is 241 g/mol. The molecule has 0 aliphatic heterocycles. The summed E-state index contributed by atoms with van der Waals surface area (Å²) in [5, 5.41) is 9.46. The molecule has 1 aromatic rings. The average Bonchev–Trinajstić information content (AvgIpc) is 2.70. The first kappa shape index (κ1) is 12.4. The molecule has 1 atom stereocenters. The lowest BCUT2D eigenvalue weighted by Gasteiger charge is -2.05. The number of carbonyl (C=O) groups is 2. The molecule has 0 fully saturated rings. The van der Waals surface area contributed by atoms with Crippen LogP contribution in [0.2, 0.25) is 0 Å². The van der Waals surface area contributed by atoms with Crippen LogP contribution in [0.25, 0.3) is 0 Å². The van der Waals surface area contributed by atoms with Gasteiger partial charge < -0.3 is 4.74 Å². The van der Waals surface area contributed by atoms with Crippen LogP contribution in [0.15, 0.2) is 21.8 Å². The van der Waals surface area contributed by atoms with Crippen LogP contribution >= 0.6 is 11.3 Å². The number of aromatic nitrogens is 1. The van der Waals surface area contributed by atoms with Crippen LogP contribution in [-0.4, -0.2) is 29.4 Å². The summed E-state index contributed by atoms with van der Waals surface area (Å²) >= 11 is 1.27. The molecule has 0 aromatic carbocycles. The maximum atomic E-state index is 11.3. The SMILES string of the molecule is CCOC(=O)C(N=Nc1nccs1)C(C)=O. The summed E-state index contributed by atoms with van der Waals surface area (Å²) in [4.78, 5) is 26.3. The summed E-state index contributed by atoms with van der Waals surface area (Å²) in [6.07, 6.45) is 1.56. The molecule has 86 valence electrons. The predicted molar refractivity (Wildman–Crippen MR) is 57.7 cm³/mol. The third-order valence-corrected chi connectivity index (χ3v) is 2.23. The highest BCUT2D eigenvalue weighted by molar-refractivity contribution is 7.13. The van der Waals surface area contributed by atoms with Gasteiger partial charge in [-0.15, -0.1) is 16.5 Å². The fourth-order valence-corrected chi connectivity index (χ4v) is 1.35. The van der Waals surface area contributed by atoms with Gasteiger partial charge in [0, 0.05) is 11.6 Å². The van der Waals surface area contributed by atoms with Crippen LogP contribution in [0.4, 0.5) is 5.13 Å². The van der Waals surface area contributed by atoms with Crippen LogP contribution < -0.4 is 0 Å². The number of hydrogen-bond donors (Lipinski definition) is 0. The summed E-state index contributed by atoms with van der Waals surface area (Å²) < 4.78 is 4.70. The van der Waals surface area contributed by atoms with Gasteiger partial charge in [0.2, 0.25) is 11.2 Å². The third-order valence-electron chi connectivity index (χ3n) is 1.57. The smallest absolute Gasteiger partial charge is 0.340 e. The molecule has 16 heavy (non-hydrogen) atoms. The van der Waals surface area contributed by atoms with Crippen molar-refractivity contribution in [2.24, 2.45) is 10.2 Å². The quantitative estimate of drug-likeness (QED) is 0.446. The zero-order valence-corrected chi connectivity index (χ0v) is 9.73. The van der Waals surface area contributed by atoms with Crippen molar-refractivity contribution in [3.63, 3.8) is 0 Å². The van der Waals surface area contributed by atoms with Crippen LogP contribution in [0.3, 0.4) is 0 Å². The zero-order valence-electron chi connectivity index (χ0n) is 8.91. The number of carbonyl (C=O) groups excluding carboxylic acids is 2. The Morgan fingerprint density at radius 1 is 1.62 bits per heavy atom. The molecule has 7 heteroatoms. The number of azo groups is 1. The van der Waals surface area contributed by atoms with Gasteiger partial charge in [0.15, 0.2) is 5.78 Å². The first-order valence-electron chi connectivity index (χ1n) is 4.62. The first-order valence-corrected chi connectivity index (χ1v) is 5.50. The molecule has 0 amide bonds.